The number of hydrogen-bond donors (Lipinski definition) is 3. The van der Waals surface area contributed by atoms with Gasteiger partial charge in [0.05, 0.1) is 18.5 Å². The van der Waals surface area contributed by atoms with Crippen molar-refractivity contribution in [3.8, 4) is 0 Å². The van der Waals surface area contributed by atoms with E-state index in [0.717, 1.165) is 0 Å². The minimum Gasteiger partial charge on any atom is -0.394 e. The summed E-state index contributed by atoms with van der Waals surface area (Å²) in [4.78, 5) is 0. The first-order valence-corrected chi connectivity index (χ1v) is 4.87. The fourth-order valence-corrected chi connectivity index (χ4v) is 1.27. The average Bonchev–Trinajstić information content (AvgIpc) is 2.00. The Morgan fingerprint density at radius 1 is 1.55 bits per heavy atom. The molecule has 0 aromatic carbocycles. The van der Waals surface area contributed by atoms with Crippen LogP contribution in [0.1, 0.15) is 6.42 Å². The van der Waals surface area contributed by atoms with Crippen LogP contribution in [0.4, 0.5) is 0 Å². The molecule has 0 aromatic heterocycles. The van der Waals surface area contributed by atoms with E-state index in [1.807, 2.05) is 0 Å². The highest BCUT2D eigenvalue weighted by molar-refractivity contribution is 7.89. The predicted octanol–water partition coefficient (Wildman–Crippen LogP) is -1.72. The van der Waals surface area contributed by atoms with Crippen LogP contribution in [-0.4, -0.2) is 44.1 Å². The second-order valence-electron chi connectivity index (χ2n) is 2.15. The van der Waals surface area contributed by atoms with E-state index in [1.54, 1.807) is 0 Å². The molecule has 0 heterocycles. The monoisotopic (exact) mass is 183 g/mol. The normalized spacial score (nSPS) is 14.8. The summed E-state index contributed by atoms with van der Waals surface area (Å²) in [5, 5.41) is 17.1. The molecule has 3 N–H and O–H groups in total. The fourth-order valence-electron chi connectivity index (χ4n) is 0.485. The van der Waals surface area contributed by atoms with Gasteiger partial charge >= 0.3 is 0 Å². The van der Waals surface area contributed by atoms with Gasteiger partial charge in [0.1, 0.15) is 0 Å². The lowest BCUT2D eigenvalue weighted by Gasteiger charge is -2.05. The largest absolute Gasteiger partial charge is 0.394 e. The molecule has 6 heteroatoms. The minimum absolute atomic E-state index is 0.0552. The smallest absolute Gasteiger partial charge is 0.211 e. The highest BCUT2D eigenvalue weighted by atomic mass is 32.2. The topological polar surface area (TPSA) is 86.6 Å². The van der Waals surface area contributed by atoms with Crippen LogP contribution in [0.15, 0.2) is 0 Å². The average molecular weight is 183 g/mol. The Hall–Kier alpha value is -0.170. The van der Waals surface area contributed by atoms with Crippen LogP contribution in [0.2, 0.25) is 0 Å². The van der Waals surface area contributed by atoms with Gasteiger partial charge in [-0.05, 0) is 13.5 Å². The molecule has 1 atom stereocenters. The van der Waals surface area contributed by atoms with Crippen molar-refractivity contribution in [1.82, 2.24) is 4.72 Å². The lowest BCUT2D eigenvalue weighted by Crippen LogP contribution is -2.25. The van der Waals surface area contributed by atoms with Gasteiger partial charge in [-0.1, -0.05) is 0 Å². The summed E-state index contributed by atoms with van der Waals surface area (Å²) < 4.78 is 23.5. The van der Waals surface area contributed by atoms with Gasteiger partial charge in [-0.3, -0.25) is 0 Å². The molecule has 11 heavy (non-hydrogen) atoms. The van der Waals surface area contributed by atoms with E-state index >= 15 is 0 Å². The first-order valence-electron chi connectivity index (χ1n) is 3.22. The number of rotatable bonds is 5. The number of hydrogen-bond acceptors (Lipinski definition) is 4. The van der Waals surface area contributed by atoms with Gasteiger partial charge in [-0.15, -0.1) is 0 Å². The van der Waals surface area contributed by atoms with Crippen molar-refractivity contribution in [2.75, 3.05) is 19.4 Å². The third-order valence-electron chi connectivity index (χ3n) is 1.24. The zero-order valence-electron chi connectivity index (χ0n) is 6.32. The molecule has 0 rings (SSSR count). The van der Waals surface area contributed by atoms with Gasteiger partial charge in [0.25, 0.3) is 0 Å². The Labute approximate surface area is 66.1 Å². The summed E-state index contributed by atoms with van der Waals surface area (Å²) in [6, 6.07) is 0. The summed E-state index contributed by atoms with van der Waals surface area (Å²) in [6.45, 7) is -0.404. The van der Waals surface area contributed by atoms with Crippen LogP contribution >= 0.6 is 0 Å². The maximum absolute atomic E-state index is 10.7. The molecule has 0 aliphatic rings. The van der Waals surface area contributed by atoms with E-state index in [0.29, 0.717) is 0 Å². The van der Waals surface area contributed by atoms with E-state index in [9.17, 15) is 8.42 Å². The number of nitrogens with one attached hydrogen (secondary N) is 1. The molecule has 0 bridgehead atoms. The van der Waals surface area contributed by atoms with Crippen molar-refractivity contribution in [2.24, 2.45) is 0 Å². The molecule has 0 unspecified atom stereocenters. The second-order valence-corrected chi connectivity index (χ2v) is 4.19. The molecule has 0 spiro atoms. The molecule has 0 radical (unpaired) electrons. The lowest BCUT2D eigenvalue weighted by atomic mass is 10.3. The molecule has 0 aliphatic carbocycles. The standard InChI is InChI=1S/C5H13NO4S/c1-6-11(9,10)3-2-5(8)4-7/h5-8H,2-4H2,1H3/t5-/m0/s1. The van der Waals surface area contributed by atoms with Crippen molar-refractivity contribution < 1.29 is 18.6 Å². The first-order chi connectivity index (χ1) is 5.02. The Kier molecular flexibility index (Phi) is 4.58. The molecule has 0 aliphatic heterocycles. The molecule has 0 aromatic rings. The van der Waals surface area contributed by atoms with Gasteiger partial charge in [-0.2, -0.15) is 0 Å². The molecular formula is C5H13NO4S. The van der Waals surface area contributed by atoms with E-state index in [-0.39, 0.29) is 12.2 Å². The van der Waals surface area contributed by atoms with Crippen LogP contribution in [-0.2, 0) is 10.0 Å². The van der Waals surface area contributed by atoms with Crippen LogP contribution in [0.5, 0.6) is 0 Å². The summed E-state index contributed by atoms with van der Waals surface area (Å²) in [5.74, 6) is -0.161. The first kappa shape index (κ1) is 10.8. The fraction of sp³-hybridized carbons (Fsp3) is 1.00. The zero-order valence-corrected chi connectivity index (χ0v) is 7.13. The summed E-state index contributed by atoms with van der Waals surface area (Å²) in [7, 11) is -1.94. The van der Waals surface area contributed by atoms with Gasteiger partial charge in [0, 0.05) is 0 Å². The second kappa shape index (κ2) is 4.66. The van der Waals surface area contributed by atoms with Crippen molar-refractivity contribution in [2.45, 2.75) is 12.5 Å². The van der Waals surface area contributed by atoms with Gasteiger partial charge < -0.3 is 10.2 Å². The zero-order chi connectivity index (χ0) is 8.91. The van der Waals surface area contributed by atoms with Crippen LogP contribution < -0.4 is 4.72 Å². The molecule has 0 amide bonds. The van der Waals surface area contributed by atoms with Crippen molar-refractivity contribution in [3.63, 3.8) is 0 Å². The summed E-state index contributed by atoms with van der Waals surface area (Å²) in [5.41, 5.74) is 0. The highest BCUT2D eigenvalue weighted by Gasteiger charge is 2.10. The summed E-state index contributed by atoms with van der Waals surface area (Å²) in [6.07, 6.45) is -0.891. The molecule has 68 valence electrons. The van der Waals surface area contributed by atoms with Crippen molar-refractivity contribution in [3.05, 3.63) is 0 Å². The van der Waals surface area contributed by atoms with Crippen molar-refractivity contribution >= 4 is 10.0 Å². The predicted molar refractivity (Wildman–Crippen MR) is 40.6 cm³/mol. The molecule has 5 nitrogen and oxygen atoms in total. The van der Waals surface area contributed by atoms with Crippen molar-refractivity contribution in [1.29, 1.82) is 0 Å². The third kappa shape index (κ3) is 5.14. The maximum atomic E-state index is 10.7. The Bertz CT molecular complexity index is 189. The SMILES string of the molecule is CNS(=O)(=O)CC[C@H](O)CO. The number of aliphatic hydroxyl groups is 2. The maximum Gasteiger partial charge on any atom is 0.211 e. The molecule has 0 saturated carbocycles. The third-order valence-corrected chi connectivity index (χ3v) is 2.64. The quantitative estimate of drug-likeness (QED) is 0.473. The van der Waals surface area contributed by atoms with Crippen LogP contribution in [0.3, 0.4) is 0 Å². The lowest BCUT2D eigenvalue weighted by molar-refractivity contribution is 0.0928. The summed E-state index contributed by atoms with van der Waals surface area (Å²) >= 11 is 0. The Morgan fingerprint density at radius 3 is 2.45 bits per heavy atom. The van der Waals surface area contributed by atoms with Gasteiger partial charge in [0.2, 0.25) is 10.0 Å². The Balaban J connectivity index is 3.71. The van der Waals surface area contributed by atoms with Gasteiger partial charge in [-0.25, -0.2) is 13.1 Å². The van der Waals surface area contributed by atoms with Crippen LogP contribution in [0.25, 0.3) is 0 Å². The Morgan fingerprint density at radius 2 is 2.09 bits per heavy atom. The number of aliphatic hydroxyl groups excluding tert-OH is 2. The van der Waals surface area contributed by atoms with Gasteiger partial charge in [0.15, 0.2) is 0 Å². The van der Waals surface area contributed by atoms with E-state index in [4.69, 9.17) is 10.2 Å². The highest BCUT2D eigenvalue weighted by Crippen LogP contribution is 1.93. The molecule has 0 saturated heterocycles. The number of sulfonamides is 1. The minimum atomic E-state index is -3.25. The van der Waals surface area contributed by atoms with E-state index < -0.39 is 22.7 Å². The van der Waals surface area contributed by atoms with Crippen LogP contribution in [0, 0.1) is 0 Å². The molecular weight excluding hydrogens is 170 g/mol. The van der Waals surface area contributed by atoms with E-state index in [2.05, 4.69) is 4.72 Å². The molecule has 0 fully saturated rings. The van der Waals surface area contributed by atoms with E-state index in [1.165, 1.54) is 7.05 Å².